The number of hydrogen-bond donors (Lipinski definition) is 1. The Morgan fingerprint density at radius 3 is 2.76 bits per heavy atom. The van der Waals surface area contributed by atoms with Crippen LogP contribution in [0, 0.1) is 0 Å². The van der Waals surface area contributed by atoms with Gasteiger partial charge in [-0.25, -0.2) is 9.37 Å². The van der Waals surface area contributed by atoms with Crippen LogP contribution in [0.4, 0.5) is 4.79 Å². The first kappa shape index (κ1) is 20.9. The number of aliphatic imine (C=N–C) groups is 1. The molecule has 3 rings (SSSR count). The third kappa shape index (κ3) is 4.01. The molecule has 1 fully saturated rings. The maximum absolute atomic E-state index is 12.7. The number of rotatable bonds is 6. The van der Waals surface area contributed by atoms with Gasteiger partial charge in [-0.05, 0) is 18.2 Å². The zero-order chi connectivity index (χ0) is 21.1. The van der Waals surface area contributed by atoms with Crippen LogP contribution in [0.25, 0.3) is 0 Å². The quantitative estimate of drug-likeness (QED) is 0.378. The molecule has 0 spiro atoms. The van der Waals surface area contributed by atoms with E-state index in [9.17, 15) is 9.59 Å². The average Bonchev–Trinajstić information content (AvgIpc) is 3.07. The van der Waals surface area contributed by atoms with Crippen molar-refractivity contribution in [2.24, 2.45) is 10.1 Å². The minimum Gasteiger partial charge on any atom is -0.496 e. The van der Waals surface area contributed by atoms with E-state index < -0.39 is 12.1 Å². The highest BCUT2D eigenvalue weighted by molar-refractivity contribution is 9.10. The number of amides is 3. The molecular formula is C18H22BrN6O4+. The van der Waals surface area contributed by atoms with Gasteiger partial charge in [0.25, 0.3) is 5.91 Å². The first-order chi connectivity index (χ1) is 13.9. The van der Waals surface area contributed by atoms with Crippen molar-refractivity contribution in [3.05, 3.63) is 28.2 Å². The number of likely N-dealkylation sites (N-methyl/N-ethyl adjacent to an activating group) is 2. The van der Waals surface area contributed by atoms with Gasteiger partial charge in [-0.15, -0.1) is 5.10 Å². The number of amidine groups is 1. The van der Waals surface area contributed by atoms with Crippen molar-refractivity contribution >= 4 is 45.9 Å². The van der Waals surface area contributed by atoms with Crippen LogP contribution in [-0.4, -0.2) is 91.8 Å². The second-order valence-corrected chi connectivity index (χ2v) is 7.29. The van der Waals surface area contributed by atoms with Gasteiger partial charge < -0.3 is 9.47 Å². The molecule has 1 aromatic carbocycles. The highest BCUT2D eigenvalue weighted by Gasteiger charge is 2.51. The van der Waals surface area contributed by atoms with Gasteiger partial charge in [0.15, 0.2) is 0 Å². The smallest absolute Gasteiger partial charge is 0.414 e. The number of carbonyl (C=O) groups is 2. The fraction of sp³-hybridized carbons (Fsp3) is 0.389. The molecule has 1 saturated heterocycles. The Labute approximate surface area is 176 Å². The molecule has 1 N–H and O–H groups in total. The van der Waals surface area contributed by atoms with E-state index in [2.05, 4.69) is 31.4 Å². The lowest BCUT2D eigenvalue weighted by molar-refractivity contribution is -0.539. The number of urea groups is 1. The Hall–Kier alpha value is -2.79. The molecule has 0 bridgehead atoms. The standard InChI is InChI=1S/C18H21BrN6O4/c1-23-15-14(16(26)24(2)18(23)27)25(7-8-28-3)17(21-15)22-20-10-11-9-12(19)5-6-13(11)29-4/h5-6,9-10,14H,7-8H2,1-4H3/p+1/b20-10+. The summed E-state index contributed by atoms with van der Waals surface area (Å²) in [6, 6.07) is 4.41. The molecule has 0 radical (unpaired) electrons. The lowest BCUT2D eigenvalue weighted by Crippen LogP contribution is -2.61. The summed E-state index contributed by atoms with van der Waals surface area (Å²) in [5.41, 5.74) is 3.63. The Morgan fingerprint density at radius 2 is 2.07 bits per heavy atom. The molecule has 2 heterocycles. The van der Waals surface area contributed by atoms with Gasteiger partial charge >= 0.3 is 12.0 Å². The average molecular weight is 466 g/mol. The van der Waals surface area contributed by atoms with Gasteiger partial charge in [0, 0.05) is 31.2 Å². The molecule has 1 unspecified atom stereocenters. The Bertz CT molecular complexity index is 929. The van der Waals surface area contributed by atoms with Gasteiger partial charge in [0.1, 0.15) is 5.75 Å². The first-order valence-electron chi connectivity index (χ1n) is 8.78. The third-order valence-corrected chi connectivity index (χ3v) is 5.12. The van der Waals surface area contributed by atoms with Crippen LogP contribution in [0.5, 0.6) is 5.75 Å². The number of hydrazone groups is 1. The minimum absolute atomic E-state index is 0.350. The molecule has 3 amide bonds. The number of ether oxygens (including phenoxy) is 2. The van der Waals surface area contributed by atoms with Crippen LogP contribution in [-0.2, 0) is 9.53 Å². The van der Waals surface area contributed by atoms with Crippen molar-refractivity contribution in [2.75, 3.05) is 41.5 Å². The Balaban J connectivity index is 1.90. The van der Waals surface area contributed by atoms with Crippen molar-refractivity contribution in [3.63, 3.8) is 0 Å². The molecule has 10 nitrogen and oxygen atoms in total. The molecule has 154 valence electrons. The zero-order valence-corrected chi connectivity index (χ0v) is 18.1. The van der Waals surface area contributed by atoms with Crippen molar-refractivity contribution in [1.82, 2.24) is 15.2 Å². The predicted molar refractivity (Wildman–Crippen MR) is 111 cm³/mol. The van der Waals surface area contributed by atoms with Crippen molar-refractivity contribution in [1.29, 1.82) is 0 Å². The molecule has 11 heteroatoms. The minimum atomic E-state index is -0.712. The molecule has 29 heavy (non-hydrogen) atoms. The summed E-state index contributed by atoms with van der Waals surface area (Å²) in [4.78, 5) is 31.8. The number of methoxy groups -OCH3 is 2. The Kier molecular flexibility index (Phi) is 6.28. The summed E-state index contributed by atoms with van der Waals surface area (Å²) < 4.78 is 13.1. The normalized spacial score (nSPS) is 19.2. The summed E-state index contributed by atoms with van der Waals surface area (Å²) in [6.07, 6.45) is 1.59. The molecule has 1 aromatic rings. The fourth-order valence-electron chi connectivity index (χ4n) is 3.08. The van der Waals surface area contributed by atoms with E-state index in [4.69, 9.17) is 9.47 Å². The zero-order valence-electron chi connectivity index (χ0n) is 16.5. The summed E-state index contributed by atoms with van der Waals surface area (Å²) in [7, 11) is 6.20. The van der Waals surface area contributed by atoms with Crippen molar-refractivity contribution < 1.29 is 23.6 Å². The topological polar surface area (TPSA) is 98.8 Å². The van der Waals surface area contributed by atoms with Gasteiger partial charge in [-0.1, -0.05) is 20.9 Å². The number of nitrogens with one attached hydrogen (secondary N) is 1. The van der Waals surface area contributed by atoms with E-state index in [0.29, 0.717) is 30.7 Å². The highest BCUT2D eigenvalue weighted by Crippen LogP contribution is 2.21. The summed E-state index contributed by atoms with van der Waals surface area (Å²) >= 11 is 3.42. The number of fused-ring (bicyclic) bond motifs is 1. The summed E-state index contributed by atoms with van der Waals surface area (Å²) in [5.74, 6) is 1.02. The fourth-order valence-corrected chi connectivity index (χ4v) is 3.46. The van der Waals surface area contributed by atoms with E-state index in [1.165, 1.54) is 11.9 Å². The van der Waals surface area contributed by atoms with Gasteiger partial charge in [-0.2, -0.15) is 5.43 Å². The number of guanidine groups is 1. The van der Waals surface area contributed by atoms with E-state index in [1.54, 1.807) is 32.1 Å². The van der Waals surface area contributed by atoms with Crippen molar-refractivity contribution in [2.45, 2.75) is 6.04 Å². The molecule has 1 atom stereocenters. The maximum atomic E-state index is 12.7. The lowest BCUT2D eigenvalue weighted by atomic mass is 10.1. The molecular weight excluding hydrogens is 444 g/mol. The number of nitrogens with zero attached hydrogens (tertiary/aromatic N) is 5. The van der Waals surface area contributed by atoms with E-state index >= 15 is 0 Å². The monoisotopic (exact) mass is 465 g/mol. The predicted octanol–water partition coefficient (Wildman–Crippen LogP) is 0.701. The number of hydrogen-bond acceptors (Lipinski definition) is 7. The summed E-state index contributed by atoms with van der Waals surface area (Å²) in [6.45, 7) is 0.774. The van der Waals surface area contributed by atoms with Crippen LogP contribution in [0.3, 0.4) is 0 Å². The molecule has 0 aromatic heterocycles. The van der Waals surface area contributed by atoms with Crippen LogP contribution in [0.2, 0.25) is 0 Å². The largest absolute Gasteiger partial charge is 0.496 e. The third-order valence-electron chi connectivity index (χ3n) is 4.63. The van der Waals surface area contributed by atoms with Gasteiger partial charge in [0.2, 0.25) is 11.9 Å². The number of benzene rings is 1. The van der Waals surface area contributed by atoms with Gasteiger partial charge in [0.05, 0.1) is 26.5 Å². The second kappa shape index (κ2) is 8.70. The SMILES string of the molecule is COCC[N+]1=C(N/N=C/c2cc(Br)ccc2OC)N=C2C1C(=O)N(C)C(=O)N2C. The summed E-state index contributed by atoms with van der Waals surface area (Å²) in [5, 5.41) is 4.25. The molecule has 2 aliphatic heterocycles. The number of imide groups is 1. The number of halogens is 1. The first-order valence-corrected chi connectivity index (χ1v) is 9.57. The van der Waals surface area contributed by atoms with Crippen LogP contribution < -0.4 is 10.2 Å². The van der Waals surface area contributed by atoms with Crippen molar-refractivity contribution in [3.8, 4) is 5.75 Å². The molecule has 2 aliphatic rings. The van der Waals surface area contributed by atoms with Gasteiger partial charge in [-0.3, -0.25) is 14.6 Å². The second-order valence-electron chi connectivity index (χ2n) is 6.38. The number of carbonyl (C=O) groups excluding carboxylic acids is 2. The van der Waals surface area contributed by atoms with Crippen LogP contribution in [0.1, 0.15) is 5.56 Å². The molecule has 0 aliphatic carbocycles. The van der Waals surface area contributed by atoms with E-state index in [0.717, 1.165) is 14.9 Å². The lowest BCUT2D eigenvalue weighted by Gasteiger charge is -2.31. The van der Waals surface area contributed by atoms with E-state index in [1.807, 2.05) is 18.2 Å². The maximum Gasteiger partial charge on any atom is 0.414 e. The highest BCUT2D eigenvalue weighted by atomic mass is 79.9. The molecule has 0 saturated carbocycles. The van der Waals surface area contributed by atoms with Crippen LogP contribution >= 0.6 is 15.9 Å². The Morgan fingerprint density at radius 1 is 1.31 bits per heavy atom. The van der Waals surface area contributed by atoms with Crippen LogP contribution in [0.15, 0.2) is 32.8 Å². The van der Waals surface area contributed by atoms with E-state index in [-0.39, 0.29) is 5.91 Å².